The van der Waals surface area contributed by atoms with Crippen LogP contribution in [0.1, 0.15) is 28.4 Å². The Bertz CT molecular complexity index is 1120. The molecule has 0 unspecified atom stereocenters. The first kappa shape index (κ1) is 21.2. The van der Waals surface area contributed by atoms with Crippen molar-refractivity contribution in [1.29, 1.82) is 0 Å². The van der Waals surface area contributed by atoms with Crippen molar-refractivity contribution in [3.63, 3.8) is 0 Å². The summed E-state index contributed by atoms with van der Waals surface area (Å²) in [5.41, 5.74) is 2.11. The van der Waals surface area contributed by atoms with Crippen LogP contribution in [0.2, 0.25) is 0 Å². The Labute approximate surface area is 174 Å². The van der Waals surface area contributed by atoms with E-state index < -0.39 is 5.63 Å². The Morgan fingerprint density at radius 3 is 2.17 bits per heavy atom. The zero-order chi connectivity index (χ0) is 21.8. The van der Waals surface area contributed by atoms with E-state index in [1.165, 1.54) is 27.4 Å². The molecule has 0 amide bonds. The van der Waals surface area contributed by atoms with Crippen LogP contribution in [-0.2, 0) is 6.42 Å². The Morgan fingerprint density at radius 1 is 0.933 bits per heavy atom. The van der Waals surface area contributed by atoms with Crippen LogP contribution in [0.5, 0.6) is 23.0 Å². The lowest BCUT2D eigenvalue weighted by atomic mass is 10.1. The number of carbonyl (C=O) groups is 1. The molecule has 0 aliphatic rings. The topological polar surface area (TPSA) is 84.2 Å². The first-order chi connectivity index (χ1) is 14.4. The first-order valence-corrected chi connectivity index (χ1v) is 9.45. The maximum absolute atomic E-state index is 12.8. The van der Waals surface area contributed by atoms with E-state index in [1.807, 2.05) is 19.9 Å². The van der Waals surface area contributed by atoms with Gasteiger partial charge in [0.1, 0.15) is 11.3 Å². The highest BCUT2D eigenvalue weighted by atomic mass is 16.5. The molecule has 0 saturated carbocycles. The summed E-state index contributed by atoms with van der Waals surface area (Å²) in [6.45, 7) is 3.64. The molecule has 1 aromatic heterocycles. The number of ketones is 1. The number of aryl methyl sites for hydroxylation is 2. The van der Waals surface area contributed by atoms with Crippen molar-refractivity contribution in [1.82, 2.24) is 0 Å². The minimum atomic E-state index is -0.427. The number of ether oxygens (including phenoxy) is 4. The van der Waals surface area contributed by atoms with Crippen molar-refractivity contribution in [2.75, 3.05) is 27.9 Å². The minimum Gasteiger partial charge on any atom is -0.493 e. The fraction of sp³-hybridized carbons (Fsp3) is 0.304. The fourth-order valence-electron chi connectivity index (χ4n) is 3.27. The van der Waals surface area contributed by atoms with Gasteiger partial charge in [-0.05, 0) is 42.7 Å². The molecule has 30 heavy (non-hydrogen) atoms. The zero-order valence-electron chi connectivity index (χ0n) is 17.7. The smallest absolute Gasteiger partial charge is 0.336 e. The molecule has 1 heterocycles. The lowest BCUT2D eigenvalue weighted by molar-refractivity contribution is 0.0920. The van der Waals surface area contributed by atoms with Crippen molar-refractivity contribution in [3.05, 3.63) is 57.4 Å². The molecule has 2 aromatic carbocycles. The monoisotopic (exact) mass is 412 g/mol. The van der Waals surface area contributed by atoms with Gasteiger partial charge in [-0.3, -0.25) is 4.79 Å². The van der Waals surface area contributed by atoms with Gasteiger partial charge in [0.25, 0.3) is 0 Å². The van der Waals surface area contributed by atoms with E-state index in [9.17, 15) is 9.59 Å². The van der Waals surface area contributed by atoms with Gasteiger partial charge >= 0.3 is 5.63 Å². The van der Waals surface area contributed by atoms with Gasteiger partial charge in [0.05, 0.1) is 21.3 Å². The summed E-state index contributed by atoms with van der Waals surface area (Å²) in [6.07, 6.45) is 0.697. The van der Waals surface area contributed by atoms with Crippen molar-refractivity contribution >= 4 is 16.8 Å². The molecule has 3 aromatic rings. The number of hydrogen-bond donors (Lipinski definition) is 0. The first-order valence-electron chi connectivity index (χ1n) is 9.45. The number of hydrogen-bond acceptors (Lipinski definition) is 7. The molecule has 0 spiro atoms. The summed E-state index contributed by atoms with van der Waals surface area (Å²) in [7, 11) is 4.47. The second kappa shape index (κ2) is 8.90. The quantitative estimate of drug-likeness (QED) is 0.409. The maximum Gasteiger partial charge on any atom is 0.336 e. The maximum atomic E-state index is 12.8. The van der Waals surface area contributed by atoms with Crippen LogP contribution >= 0.6 is 0 Å². The lowest BCUT2D eigenvalue weighted by Gasteiger charge is -2.15. The van der Waals surface area contributed by atoms with Crippen LogP contribution in [0, 0.1) is 6.92 Å². The molecule has 0 N–H and O–H groups in total. The highest BCUT2D eigenvalue weighted by molar-refractivity contribution is 5.98. The third-order valence-electron chi connectivity index (χ3n) is 4.86. The van der Waals surface area contributed by atoms with Gasteiger partial charge in [0.15, 0.2) is 23.9 Å². The fourth-order valence-corrected chi connectivity index (χ4v) is 3.27. The average molecular weight is 412 g/mol. The number of fused-ring (bicyclic) bond motifs is 1. The van der Waals surface area contributed by atoms with Gasteiger partial charge in [-0.15, -0.1) is 0 Å². The molecule has 7 heteroatoms. The Kier molecular flexibility index (Phi) is 6.30. The largest absolute Gasteiger partial charge is 0.493 e. The molecular formula is C23H24O7. The van der Waals surface area contributed by atoms with E-state index in [4.69, 9.17) is 23.4 Å². The van der Waals surface area contributed by atoms with Gasteiger partial charge in [0, 0.05) is 23.1 Å². The molecule has 3 rings (SSSR count). The third-order valence-corrected chi connectivity index (χ3v) is 4.86. The third kappa shape index (κ3) is 4.10. The highest BCUT2D eigenvalue weighted by Crippen LogP contribution is 2.38. The van der Waals surface area contributed by atoms with E-state index in [-0.39, 0.29) is 12.4 Å². The van der Waals surface area contributed by atoms with Crippen LogP contribution < -0.4 is 24.6 Å². The van der Waals surface area contributed by atoms with Gasteiger partial charge < -0.3 is 23.4 Å². The Balaban J connectivity index is 1.90. The second-order valence-electron chi connectivity index (χ2n) is 6.68. The molecule has 158 valence electrons. The van der Waals surface area contributed by atoms with E-state index >= 15 is 0 Å². The molecule has 0 aliphatic carbocycles. The SMILES string of the molecule is CCc1cc2c(C)cc(=O)oc2cc1OCC(=O)c1cc(OC)c(OC)c(OC)c1. The molecule has 7 nitrogen and oxygen atoms in total. The number of carbonyl (C=O) groups excluding carboxylic acids is 1. The van der Waals surface area contributed by atoms with Crippen molar-refractivity contribution < 1.29 is 28.2 Å². The van der Waals surface area contributed by atoms with Crippen LogP contribution in [0.4, 0.5) is 0 Å². The number of benzene rings is 2. The van der Waals surface area contributed by atoms with Crippen LogP contribution in [0.15, 0.2) is 39.5 Å². The number of Topliss-reactive ketones (excluding diaryl/α,β-unsaturated/α-hetero) is 1. The predicted octanol–water partition coefficient (Wildman–Crippen LogP) is 3.95. The van der Waals surface area contributed by atoms with E-state index in [0.29, 0.717) is 40.6 Å². The summed E-state index contributed by atoms with van der Waals surface area (Å²) in [5.74, 6) is 1.42. The Hall–Kier alpha value is -3.48. The molecule has 0 bridgehead atoms. The average Bonchev–Trinajstić information content (AvgIpc) is 2.75. The van der Waals surface area contributed by atoms with Crippen molar-refractivity contribution in [3.8, 4) is 23.0 Å². The summed E-state index contributed by atoms with van der Waals surface area (Å²) < 4.78 is 27.0. The molecule has 0 saturated heterocycles. The number of rotatable bonds is 8. The van der Waals surface area contributed by atoms with Crippen molar-refractivity contribution in [2.45, 2.75) is 20.3 Å². The molecule has 0 aliphatic heterocycles. The summed E-state index contributed by atoms with van der Waals surface area (Å²) in [5, 5.41) is 0.842. The zero-order valence-corrected chi connectivity index (χ0v) is 17.7. The molecule has 0 atom stereocenters. The molecule has 0 fully saturated rings. The minimum absolute atomic E-state index is 0.201. The molecule has 0 radical (unpaired) electrons. The van der Waals surface area contributed by atoms with E-state index in [1.54, 1.807) is 18.2 Å². The molecular weight excluding hydrogens is 388 g/mol. The van der Waals surface area contributed by atoms with Crippen LogP contribution in [0.3, 0.4) is 0 Å². The predicted molar refractivity (Wildman–Crippen MR) is 113 cm³/mol. The van der Waals surface area contributed by atoms with Crippen LogP contribution in [0.25, 0.3) is 11.0 Å². The van der Waals surface area contributed by atoms with Gasteiger partial charge in [-0.2, -0.15) is 0 Å². The standard InChI is InChI=1S/C23H24O7/c1-6-14-8-16-13(2)7-22(25)30-19(16)11-18(14)29-12-17(24)15-9-20(26-3)23(28-5)21(10-15)27-4/h7-11H,6,12H2,1-5H3. The van der Waals surface area contributed by atoms with Gasteiger partial charge in [-0.1, -0.05) is 6.92 Å². The van der Waals surface area contributed by atoms with E-state index in [2.05, 4.69) is 0 Å². The summed E-state index contributed by atoms with van der Waals surface area (Å²) in [6, 6.07) is 8.20. The van der Waals surface area contributed by atoms with Crippen molar-refractivity contribution in [2.24, 2.45) is 0 Å². The summed E-state index contributed by atoms with van der Waals surface area (Å²) in [4.78, 5) is 24.5. The lowest BCUT2D eigenvalue weighted by Crippen LogP contribution is -2.13. The van der Waals surface area contributed by atoms with Gasteiger partial charge in [-0.25, -0.2) is 4.79 Å². The Morgan fingerprint density at radius 2 is 1.60 bits per heavy atom. The highest BCUT2D eigenvalue weighted by Gasteiger charge is 2.18. The second-order valence-corrected chi connectivity index (χ2v) is 6.68. The van der Waals surface area contributed by atoms with Gasteiger partial charge in [0.2, 0.25) is 5.75 Å². The van der Waals surface area contributed by atoms with E-state index in [0.717, 1.165) is 16.5 Å². The number of methoxy groups -OCH3 is 3. The van der Waals surface area contributed by atoms with Crippen LogP contribution in [-0.4, -0.2) is 33.7 Å². The normalized spacial score (nSPS) is 10.7. The summed E-state index contributed by atoms with van der Waals surface area (Å²) >= 11 is 0.